The number of hydrogen-bond donors (Lipinski definition) is 1. The second kappa shape index (κ2) is 13.1. The molecular weight excluding hydrogens is 428 g/mol. The first-order chi connectivity index (χ1) is 15.5. The first kappa shape index (κ1) is 24.9. The van der Waals surface area contributed by atoms with Crippen LogP contribution in [0, 0.1) is 0 Å². The van der Waals surface area contributed by atoms with E-state index >= 15 is 0 Å². The van der Waals surface area contributed by atoms with E-state index < -0.39 is 0 Å². The van der Waals surface area contributed by atoms with Gasteiger partial charge in [0.05, 0.1) is 27.2 Å². The maximum absolute atomic E-state index is 12.4. The van der Waals surface area contributed by atoms with E-state index in [4.69, 9.17) is 26.4 Å². The molecule has 0 bridgehead atoms. The first-order valence-corrected chi connectivity index (χ1v) is 10.6. The largest absolute Gasteiger partial charge is 0.493 e. The van der Waals surface area contributed by atoms with Crippen molar-refractivity contribution in [3.8, 4) is 11.5 Å². The van der Waals surface area contributed by atoms with Gasteiger partial charge in [-0.15, -0.1) is 0 Å². The van der Waals surface area contributed by atoms with E-state index in [0.29, 0.717) is 31.2 Å². The van der Waals surface area contributed by atoms with E-state index in [0.717, 1.165) is 11.1 Å². The van der Waals surface area contributed by atoms with Crippen molar-refractivity contribution in [3.05, 3.63) is 65.7 Å². The molecule has 32 heavy (non-hydrogen) atoms. The van der Waals surface area contributed by atoms with Crippen molar-refractivity contribution in [3.63, 3.8) is 0 Å². The van der Waals surface area contributed by atoms with Crippen LogP contribution in [0.3, 0.4) is 0 Å². The van der Waals surface area contributed by atoms with Gasteiger partial charge in [0, 0.05) is 19.2 Å². The van der Waals surface area contributed by atoms with Crippen LogP contribution in [0.4, 0.5) is 0 Å². The molecule has 0 spiro atoms. The van der Waals surface area contributed by atoms with Crippen molar-refractivity contribution in [2.75, 3.05) is 27.4 Å². The Morgan fingerprint density at radius 3 is 2.44 bits per heavy atom. The molecule has 0 atom stereocenters. The minimum atomic E-state index is -0.376. The summed E-state index contributed by atoms with van der Waals surface area (Å²) in [5.74, 6) is 0.485. The zero-order valence-corrected chi connectivity index (χ0v) is 19.3. The van der Waals surface area contributed by atoms with Crippen LogP contribution in [0.25, 0.3) is 6.08 Å². The average molecular weight is 457 g/mol. The Hall–Kier alpha value is -3.39. The Labute approximate surface area is 194 Å². The smallest absolute Gasteiger partial charge is 0.307 e. The Morgan fingerprint density at radius 2 is 1.78 bits per heavy atom. The number of rotatable bonds is 10. The fourth-order valence-corrected chi connectivity index (χ4v) is 3.13. The van der Waals surface area contributed by atoms with Gasteiger partial charge >= 0.3 is 5.97 Å². The van der Waals surface area contributed by atoms with E-state index in [1.165, 1.54) is 6.08 Å². The number of hydrogen-bond acceptors (Lipinski definition) is 6. The third-order valence-electron chi connectivity index (χ3n) is 4.46. The summed E-state index contributed by atoms with van der Waals surface area (Å²) in [6.07, 6.45) is 3.21. The Bertz CT molecular complexity index is 947. The van der Waals surface area contributed by atoms with Gasteiger partial charge in [-0.2, -0.15) is 0 Å². The zero-order valence-electron chi connectivity index (χ0n) is 18.5. The van der Waals surface area contributed by atoms with Crippen LogP contribution < -0.4 is 14.8 Å². The third kappa shape index (κ3) is 8.03. The standard InChI is InChI=1S/C24H28N2O5S/c1-4-31-23(28)14-15-26(17-19-8-6-5-7-9-19)24(32)25-22(27)13-11-18-10-12-20(29-2)21(16-18)30-3/h5-13,16H,4,14-15,17H2,1-3H3,(H,25,27,32)/b13-11+. The van der Waals surface area contributed by atoms with E-state index in [9.17, 15) is 9.59 Å². The lowest BCUT2D eigenvalue weighted by molar-refractivity contribution is -0.143. The lowest BCUT2D eigenvalue weighted by Crippen LogP contribution is -2.42. The van der Waals surface area contributed by atoms with Crippen molar-refractivity contribution < 1.29 is 23.8 Å². The van der Waals surface area contributed by atoms with Crippen LogP contribution >= 0.6 is 12.2 Å². The van der Waals surface area contributed by atoms with Gasteiger partial charge in [-0.3, -0.25) is 14.9 Å². The topological polar surface area (TPSA) is 77.1 Å². The van der Waals surface area contributed by atoms with Crippen molar-refractivity contribution in [1.29, 1.82) is 0 Å². The Morgan fingerprint density at radius 1 is 1.06 bits per heavy atom. The molecule has 0 heterocycles. The van der Waals surface area contributed by atoms with Crippen LogP contribution in [0.15, 0.2) is 54.6 Å². The molecule has 0 aliphatic carbocycles. The summed E-state index contributed by atoms with van der Waals surface area (Å²) in [4.78, 5) is 26.0. The Kier molecular flexibility index (Phi) is 10.2. The molecule has 0 aliphatic rings. The molecule has 0 aromatic heterocycles. The number of nitrogens with one attached hydrogen (secondary N) is 1. The SMILES string of the molecule is CCOC(=O)CCN(Cc1ccccc1)C(=S)NC(=O)/C=C/c1ccc(OC)c(OC)c1. The third-order valence-corrected chi connectivity index (χ3v) is 4.82. The Balaban J connectivity index is 2.04. The highest BCUT2D eigenvalue weighted by molar-refractivity contribution is 7.80. The van der Waals surface area contributed by atoms with Crippen molar-refractivity contribution in [2.45, 2.75) is 19.9 Å². The van der Waals surface area contributed by atoms with Gasteiger partial charge < -0.3 is 19.1 Å². The van der Waals surface area contributed by atoms with Crippen LogP contribution in [-0.4, -0.2) is 49.3 Å². The first-order valence-electron chi connectivity index (χ1n) is 10.2. The molecule has 2 aromatic carbocycles. The number of benzene rings is 2. The van der Waals surface area contributed by atoms with Crippen molar-refractivity contribution in [1.82, 2.24) is 10.2 Å². The zero-order chi connectivity index (χ0) is 23.3. The van der Waals surface area contributed by atoms with E-state index in [-0.39, 0.29) is 23.4 Å². The second-order valence-electron chi connectivity index (χ2n) is 6.70. The number of nitrogens with zero attached hydrogens (tertiary/aromatic N) is 1. The normalized spacial score (nSPS) is 10.5. The van der Waals surface area contributed by atoms with Gasteiger partial charge in [-0.05, 0) is 48.5 Å². The lowest BCUT2D eigenvalue weighted by Gasteiger charge is -2.25. The van der Waals surface area contributed by atoms with E-state index in [1.807, 2.05) is 36.4 Å². The molecule has 8 heteroatoms. The number of methoxy groups -OCH3 is 2. The molecule has 2 aromatic rings. The predicted molar refractivity (Wildman–Crippen MR) is 127 cm³/mol. The monoisotopic (exact) mass is 456 g/mol. The predicted octanol–water partition coefficient (Wildman–Crippen LogP) is 3.57. The maximum atomic E-state index is 12.4. The summed E-state index contributed by atoms with van der Waals surface area (Å²) >= 11 is 5.44. The van der Waals surface area contributed by atoms with Crippen LogP contribution in [0.2, 0.25) is 0 Å². The average Bonchev–Trinajstić information content (AvgIpc) is 2.80. The summed E-state index contributed by atoms with van der Waals surface area (Å²) in [5.41, 5.74) is 1.78. The number of carbonyl (C=O) groups is 2. The molecule has 170 valence electrons. The van der Waals surface area contributed by atoms with Crippen molar-refractivity contribution in [2.24, 2.45) is 0 Å². The number of carbonyl (C=O) groups excluding carboxylic acids is 2. The van der Waals surface area contributed by atoms with Crippen LogP contribution in [0.5, 0.6) is 11.5 Å². The van der Waals surface area contributed by atoms with Gasteiger partial charge in [0.2, 0.25) is 5.91 Å². The molecule has 0 saturated heterocycles. The molecular formula is C24H28N2O5S. The molecule has 0 radical (unpaired) electrons. The molecule has 1 amide bonds. The minimum Gasteiger partial charge on any atom is -0.493 e. The van der Waals surface area contributed by atoms with E-state index in [2.05, 4.69) is 5.32 Å². The number of ether oxygens (including phenoxy) is 3. The minimum absolute atomic E-state index is 0.165. The summed E-state index contributed by atoms with van der Waals surface area (Å²) < 4.78 is 15.5. The molecule has 1 N–H and O–H groups in total. The quantitative estimate of drug-likeness (QED) is 0.333. The van der Waals surface area contributed by atoms with E-state index in [1.54, 1.807) is 44.3 Å². The number of amides is 1. The summed E-state index contributed by atoms with van der Waals surface area (Å²) in [6.45, 7) is 2.86. The lowest BCUT2D eigenvalue weighted by atomic mass is 10.2. The van der Waals surface area contributed by atoms with Crippen LogP contribution in [0.1, 0.15) is 24.5 Å². The molecule has 2 rings (SSSR count). The second-order valence-corrected chi connectivity index (χ2v) is 7.09. The molecule has 7 nitrogen and oxygen atoms in total. The highest BCUT2D eigenvalue weighted by Crippen LogP contribution is 2.27. The highest BCUT2D eigenvalue weighted by Gasteiger charge is 2.14. The summed E-state index contributed by atoms with van der Waals surface area (Å²) in [6, 6.07) is 15.0. The fourth-order valence-electron chi connectivity index (χ4n) is 2.87. The number of esters is 1. The van der Waals surface area contributed by atoms with Gasteiger partial charge in [0.1, 0.15) is 0 Å². The van der Waals surface area contributed by atoms with Crippen LogP contribution in [-0.2, 0) is 20.9 Å². The molecule has 0 aliphatic heterocycles. The summed E-state index contributed by atoms with van der Waals surface area (Å²) in [7, 11) is 3.11. The van der Waals surface area contributed by atoms with Crippen molar-refractivity contribution >= 4 is 35.3 Å². The van der Waals surface area contributed by atoms with Gasteiger partial charge in [-0.1, -0.05) is 36.4 Å². The molecule has 0 saturated carbocycles. The molecule has 0 unspecified atom stereocenters. The fraction of sp³-hybridized carbons (Fsp3) is 0.292. The number of thiocarbonyl (C=S) groups is 1. The van der Waals surface area contributed by atoms with Gasteiger partial charge in [0.25, 0.3) is 0 Å². The maximum Gasteiger partial charge on any atom is 0.307 e. The van der Waals surface area contributed by atoms with Gasteiger partial charge in [-0.25, -0.2) is 0 Å². The van der Waals surface area contributed by atoms with Gasteiger partial charge in [0.15, 0.2) is 16.6 Å². The highest BCUT2D eigenvalue weighted by atomic mass is 32.1. The molecule has 0 fully saturated rings. The summed E-state index contributed by atoms with van der Waals surface area (Å²) in [5, 5.41) is 2.94.